The maximum Gasteiger partial charge on any atom is 0.303 e. The quantitative estimate of drug-likeness (QED) is 0.386. The number of methoxy groups -OCH3 is 1. The summed E-state index contributed by atoms with van der Waals surface area (Å²) in [5, 5.41) is 0. The van der Waals surface area contributed by atoms with Crippen molar-refractivity contribution in [2.24, 2.45) is 0 Å². The summed E-state index contributed by atoms with van der Waals surface area (Å²) in [6, 6.07) is 0. The van der Waals surface area contributed by atoms with Crippen LogP contribution in [0.15, 0.2) is 0 Å². The molecule has 0 N–H and O–H groups in total. The highest BCUT2D eigenvalue weighted by molar-refractivity contribution is 9.09. The van der Waals surface area contributed by atoms with Crippen LogP contribution >= 0.6 is 15.9 Å². The molecule has 1 rings (SSSR count). The van der Waals surface area contributed by atoms with Crippen molar-refractivity contribution in [3.05, 3.63) is 0 Å². The van der Waals surface area contributed by atoms with Gasteiger partial charge in [0.25, 0.3) is 0 Å². The van der Waals surface area contributed by atoms with Gasteiger partial charge in [0, 0.05) is 27.9 Å². The van der Waals surface area contributed by atoms with Crippen LogP contribution in [0.5, 0.6) is 0 Å². The molecule has 22 heavy (non-hydrogen) atoms. The van der Waals surface area contributed by atoms with Gasteiger partial charge < -0.3 is 23.7 Å². The molecule has 0 spiro atoms. The molecule has 126 valence electrons. The van der Waals surface area contributed by atoms with Gasteiger partial charge in [-0.25, -0.2) is 0 Å². The van der Waals surface area contributed by atoms with Gasteiger partial charge in [0.2, 0.25) is 0 Å². The number of rotatable bonds is 5. The molecule has 0 aliphatic carbocycles. The van der Waals surface area contributed by atoms with Gasteiger partial charge in [-0.05, 0) is 0 Å². The van der Waals surface area contributed by atoms with Crippen molar-refractivity contribution in [2.75, 3.05) is 13.7 Å². The Kier molecular flexibility index (Phi) is 7.24. The first-order chi connectivity index (χ1) is 10.3. The highest BCUT2D eigenvalue weighted by atomic mass is 79.9. The van der Waals surface area contributed by atoms with Crippen LogP contribution in [-0.4, -0.2) is 61.1 Å². The minimum atomic E-state index is -0.934. The van der Waals surface area contributed by atoms with Crippen LogP contribution in [0, 0.1) is 0 Å². The Balaban J connectivity index is 3.00. The van der Waals surface area contributed by atoms with Crippen LogP contribution in [0.2, 0.25) is 0 Å². The maximum atomic E-state index is 11.3. The first kappa shape index (κ1) is 18.9. The van der Waals surface area contributed by atoms with Crippen molar-refractivity contribution in [1.29, 1.82) is 0 Å². The third-order valence-electron chi connectivity index (χ3n) is 2.86. The molecule has 0 bridgehead atoms. The molecule has 0 saturated carbocycles. The van der Waals surface area contributed by atoms with E-state index in [2.05, 4.69) is 15.9 Å². The third-order valence-corrected chi connectivity index (χ3v) is 3.81. The molecule has 0 radical (unpaired) electrons. The lowest BCUT2D eigenvalue weighted by atomic mass is 10.0. The van der Waals surface area contributed by atoms with Crippen LogP contribution in [-0.2, 0) is 38.1 Å². The molecular formula is C13H19BrO8. The Hall–Kier alpha value is -1.19. The van der Waals surface area contributed by atoms with E-state index in [1.54, 1.807) is 0 Å². The summed E-state index contributed by atoms with van der Waals surface area (Å²) in [6.45, 7) is 3.54. The summed E-state index contributed by atoms with van der Waals surface area (Å²) in [4.78, 5) is 33.0. The van der Waals surface area contributed by atoms with E-state index in [1.807, 2.05) is 0 Å². The zero-order valence-corrected chi connectivity index (χ0v) is 14.3. The Morgan fingerprint density at radius 3 is 2.00 bits per heavy atom. The first-order valence-electron chi connectivity index (χ1n) is 6.56. The van der Waals surface area contributed by atoms with Gasteiger partial charge in [0.05, 0.1) is 0 Å². The molecule has 0 unspecified atom stereocenters. The topological polar surface area (TPSA) is 97.4 Å². The van der Waals surface area contributed by atoms with Gasteiger partial charge in [-0.3, -0.25) is 14.4 Å². The van der Waals surface area contributed by atoms with Gasteiger partial charge >= 0.3 is 17.9 Å². The molecule has 1 fully saturated rings. The molecule has 1 heterocycles. The normalized spacial score (nSPS) is 31.2. The highest BCUT2D eigenvalue weighted by Crippen LogP contribution is 2.31. The van der Waals surface area contributed by atoms with Gasteiger partial charge in [0.15, 0.2) is 18.5 Å². The summed E-state index contributed by atoms with van der Waals surface area (Å²) in [7, 11) is 1.42. The molecule has 0 aromatic heterocycles. The summed E-state index contributed by atoms with van der Waals surface area (Å²) in [6.07, 6.45) is -3.37. The molecule has 8 nitrogen and oxygen atoms in total. The molecule has 0 amide bonds. The Bertz CT molecular complexity index is 426. The minimum absolute atomic E-state index is 0.162. The SMILES string of the molecule is CO[C@H]1O[C@H](COC(C)=O)[C@@H](OC(C)=O)[C@H](OC(C)=O)[C@@H]1Br. The Morgan fingerprint density at radius 2 is 1.55 bits per heavy atom. The average Bonchev–Trinajstić information content (AvgIpc) is 2.41. The number of hydrogen-bond donors (Lipinski definition) is 0. The van der Waals surface area contributed by atoms with Crippen molar-refractivity contribution < 1.29 is 38.1 Å². The number of carbonyl (C=O) groups excluding carboxylic acids is 3. The maximum absolute atomic E-state index is 11.3. The van der Waals surface area contributed by atoms with Gasteiger partial charge in [0.1, 0.15) is 17.5 Å². The summed E-state index contributed by atoms with van der Waals surface area (Å²) in [5.41, 5.74) is 0. The number of halogens is 1. The van der Waals surface area contributed by atoms with Crippen molar-refractivity contribution in [3.63, 3.8) is 0 Å². The minimum Gasteiger partial charge on any atom is -0.463 e. The molecule has 5 atom stereocenters. The standard InChI is InChI=1S/C13H19BrO8/c1-6(15)19-5-9-11(20-7(2)16)12(21-8(3)17)10(14)13(18-4)22-9/h9-13H,5H2,1-4H3/t9-,10+,11-,12-,13+/m1/s1. The van der Waals surface area contributed by atoms with E-state index >= 15 is 0 Å². The summed E-state index contributed by atoms with van der Waals surface area (Å²) in [5.74, 6) is -1.63. The van der Waals surface area contributed by atoms with E-state index in [4.69, 9.17) is 23.7 Å². The monoisotopic (exact) mass is 382 g/mol. The lowest BCUT2D eigenvalue weighted by molar-refractivity contribution is -0.255. The second kappa shape index (κ2) is 8.44. The zero-order valence-electron chi connectivity index (χ0n) is 12.7. The van der Waals surface area contributed by atoms with Crippen LogP contribution in [0.4, 0.5) is 0 Å². The largest absolute Gasteiger partial charge is 0.463 e. The summed E-state index contributed by atoms with van der Waals surface area (Å²) < 4.78 is 26.1. The van der Waals surface area contributed by atoms with E-state index in [-0.39, 0.29) is 6.61 Å². The molecule has 1 aliphatic rings. The molecule has 1 aliphatic heterocycles. The van der Waals surface area contributed by atoms with E-state index in [0.29, 0.717) is 0 Å². The Morgan fingerprint density at radius 1 is 1.00 bits per heavy atom. The number of esters is 3. The number of hydrogen-bond acceptors (Lipinski definition) is 8. The fourth-order valence-electron chi connectivity index (χ4n) is 2.05. The van der Waals surface area contributed by atoms with Crippen LogP contribution in [0.1, 0.15) is 20.8 Å². The fraction of sp³-hybridized carbons (Fsp3) is 0.769. The third kappa shape index (κ3) is 5.22. The van der Waals surface area contributed by atoms with Crippen LogP contribution in [0.3, 0.4) is 0 Å². The average molecular weight is 383 g/mol. The number of carbonyl (C=O) groups is 3. The molecule has 0 aromatic rings. The van der Waals surface area contributed by atoms with E-state index in [9.17, 15) is 14.4 Å². The molecule has 9 heteroatoms. The first-order valence-corrected chi connectivity index (χ1v) is 7.48. The van der Waals surface area contributed by atoms with E-state index in [1.165, 1.54) is 27.9 Å². The van der Waals surface area contributed by atoms with Crippen molar-refractivity contribution >= 4 is 33.8 Å². The van der Waals surface area contributed by atoms with Crippen molar-refractivity contribution in [2.45, 2.75) is 50.2 Å². The van der Waals surface area contributed by atoms with E-state index in [0.717, 1.165) is 0 Å². The van der Waals surface area contributed by atoms with Crippen molar-refractivity contribution in [3.8, 4) is 0 Å². The highest BCUT2D eigenvalue weighted by Gasteiger charge is 2.49. The molecular weight excluding hydrogens is 364 g/mol. The Labute approximate surface area is 136 Å². The second-order valence-corrected chi connectivity index (χ2v) is 5.73. The van der Waals surface area contributed by atoms with E-state index < -0.39 is 47.3 Å². The zero-order chi connectivity index (χ0) is 16.9. The predicted molar refractivity (Wildman–Crippen MR) is 76.1 cm³/mol. The summed E-state index contributed by atoms with van der Waals surface area (Å²) >= 11 is 3.32. The lowest BCUT2D eigenvalue weighted by Crippen LogP contribution is -2.59. The van der Waals surface area contributed by atoms with Crippen LogP contribution < -0.4 is 0 Å². The van der Waals surface area contributed by atoms with Gasteiger partial charge in [-0.2, -0.15) is 0 Å². The predicted octanol–water partition coefficient (Wildman–Crippen LogP) is 0.548. The number of ether oxygens (including phenoxy) is 5. The van der Waals surface area contributed by atoms with Gasteiger partial charge in [-0.1, -0.05) is 15.9 Å². The van der Waals surface area contributed by atoms with Gasteiger partial charge in [-0.15, -0.1) is 0 Å². The fourth-order valence-corrected chi connectivity index (χ4v) is 2.80. The smallest absolute Gasteiger partial charge is 0.303 e. The second-order valence-electron chi connectivity index (χ2n) is 4.67. The van der Waals surface area contributed by atoms with Crippen LogP contribution in [0.25, 0.3) is 0 Å². The lowest BCUT2D eigenvalue weighted by Gasteiger charge is -2.42. The van der Waals surface area contributed by atoms with Crippen molar-refractivity contribution in [1.82, 2.24) is 0 Å². The molecule has 0 aromatic carbocycles. The number of alkyl halides is 1. The molecule has 1 saturated heterocycles.